The Morgan fingerprint density at radius 1 is 1.21 bits per heavy atom. The summed E-state index contributed by atoms with van der Waals surface area (Å²) >= 11 is 0. The van der Waals surface area contributed by atoms with E-state index >= 15 is 0 Å². The fraction of sp³-hybridized carbons (Fsp3) is 0.385. The Labute approximate surface area is 190 Å². The zero-order chi connectivity index (χ0) is 22.6. The molecule has 1 aromatic heterocycles. The van der Waals surface area contributed by atoms with Crippen molar-refractivity contribution in [2.45, 2.75) is 31.7 Å². The van der Waals surface area contributed by atoms with Crippen molar-refractivity contribution < 1.29 is 14.3 Å². The Bertz CT molecular complexity index is 1400. The average molecular weight is 444 g/mol. The van der Waals surface area contributed by atoms with E-state index in [0.717, 1.165) is 47.5 Å². The molecule has 3 aliphatic rings. The van der Waals surface area contributed by atoms with E-state index in [4.69, 9.17) is 14.5 Å². The van der Waals surface area contributed by atoms with E-state index in [1.54, 1.807) is 10.9 Å². The van der Waals surface area contributed by atoms with Crippen molar-refractivity contribution >= 4 is 33.9 Å². The number of esters is 1. The molecule has 2 atom stereocenters. The first-order chi connectivity index (χ1) is 16.1. The molecule has 33 heavy (non-hydrogen) atoms. The second-order valence-electron chi connectivity index (χ2n) is 9.30. The molecule has 0 spiro atoms. The largest absolute Gasteiger partial charge is 0.464 e. The van der Waals surface area contributed by atoms with Crippen molar-refractivity contribution in [2.75, 3.05) is 20.3 Å². The summed E-state index contributed by atoms with van der Waals surface area (Å²) in [5, 5.41) is 2.76. The van der Waals surface area contributed by atoms with E-state index in [0.29, 0.717) is 24.3 Å². The summed E-state index contributed by atoms with van der Waals surface area (Å²) in [7, 11) is 1.37. The number of benzene rings is 2. The molecule has 2 fully saturated rings. The highest BCUT2D eigenvalue weighted by molar-refractivity contribution is 6.06. The summed E-state index contributed by atoms with van der Waals surface area (Å²) < 4.78 is 12.1. The molecule has 6 rings (SSSR count). The van der Waals surface area contributed by atoms with E-state index in [1.165, 1.54) is 7.11 Å². The molecule has 0 N–H and O–H groups in total. The van der Waals surface area contributed by atoms with Crippen LogP contribution in [0, 0.1) is 11.3 Å². The molecule has 1 aliphatic carbocycles. The van der Waals surface area contributed by atoms with Gasteiger partial charge in [0.25, 0.3) is 5.56 Å². The van der Waals surface area contributed by atoms with Crippen molar-refractivity contribution in [3.8, 4) is 0 Å². The number of aromatic nitrogens is 2. The Kier molecular flexibility index (Phi) is 4.69. The molecule has 1 saturated carbocycles. The van der Waals surface area contributed by atoms with Crippen molar-refractivity contribution in [3.05, 3.63) is 64.3 Å². The predicted octanol–water partition coefficient (Wildman–Crippen LogP) is 3.59. The van der Waals surface area contributed by atoms with E-state index in [2.05, 4.69) is 11.1 Å². The number of ether oxygens (including phenoxy) is 2. The molecule has 2 unspecified atom stereocenters. The van der Waals surface area contributed by atoms with Crippen LogP contribution in [0.5, 0.6) is 0 Å². The highest BCUT2D eigenvalue weighted by Gasteiger charge is 2.53. The van der Waals surface area contributed by atoms with Crippen molar-refractivity contribution in [3.63, 3.8) is 0 Å². The molecule has 3 heterocycles. The first-order valence-corrected chi connectivity index (χ1v) is 11.4. The van der Waals surface area contributed by atoms with Gasteiger partial charge in [-0.15, -0.1) is 0 Å². The molecule has 7 heteroatoms. The van der Waals surface area contributed by atoms with Crippen LogP contribution in [0.2, 0.25) is 0 Å². The summed E-state index contributed by atoms with van der Waals surface area (Å²) in [6.07, 6.45) is 8.88. The molecule has 2 aromatic carbocycles. The molecule has 0 bridgehead atoms. The Hall–Kier alpha value is -3.32. The van der Waals surface area contributed by atoms with Crippen LogP contribution in [0.15, 0.2) is 58.2 Å². The fourth-order valence-corrected chi connectivity index (χ4v) is 5.40. The lowest BCUT2D eigenvalue weighted by Crippen LogP contribution is -2.29. The molecular weight excluding hydrogens is 418 g/mol. The number of fused-ring (bicyclic) bond motifs is 4. The highest BCUT2D eigenvalue weighted by atomic mass is 16.5. The summed E-state index contributed by atoms with van der Waals surface area (Å²) in [5.41, 5.74) is 2.13. The number of rotatable bonds is 4. The molecular formula is C26H25N3O4. The number of aliphatic imine (C=N–C) groups is 1. The van der Waals surface area contributed by atoms with Gasteiger partial charge in [0.2, 0.25) is 0 Å². The maximum atomic E-state index is 13.6. The first-order valence-electron chi connectivity index (χ1n) is 11.4. The van der Waals surface area contributed by atoms with E-state index in [-0.39, 0.29) is 22.9 Å². The first kappa shape index (κ1) is 20.3. The highest BCUT2D eigenvalue weighted by Crippen LogP contribution is 2.57. The van der Waals surface area contributed by atoms with Gasteiger partial charge in [-0.1, -0.05) is 24.3 Å². The van der Waals surface area contributed by atoms with Crippen LogP contribution in [0.3, 0.4) is 0 Å². The minimum absolute atomic E-state index is 0.00827. The lowest BCUT2D eigenvalue weighted by molar-refractivity contribution is -0.136. The van der Waals surface area contributed by atoms with Crippen LogP contribution in [-0.2, 0) is 20.7 Å². The molecule has 0 radical (unpaired) electrons. The third kappa shape index (κ3) is 3.30. The maximum absolute atomic E-state index is 13.6. The lowest BCUT2D eigenvalue weighted by atomic mass is 9.89. The fourth-order valence-electron chi connectivity index (χ4n) is 5.40. The molecule has 7 nitrogen and oxygen atoms in total. The Morgan fingerprint density at radius 2 is 2.00 bits per heavy atom. The van der Waals surface area contributed by atoms with Crippen molar-refractivity contribution in [1.29, 1.82) is 0 Å². The Balaban J connectivity index is 1.44. The molecule has 2 aliphatic heterocycles. The van der Waals surface area contributed by atoms with Gasteiger partial charge >= 0.3 is 5.97 Å². The molecule has 168 valence electrons. The van der Waals surface area contributed by atoms with Gasteiger partial charge in [0.15, 0.2) is 0 Å². The summed E-state index contributed by atoms with van der Waals surface area (Å²) in [4.78, 5) is 34.5. The SMILES string of the molecule is COC(=O)C1=CC2CC2(Cc2cc3c(=O)n(C4CCOCC4)cnc3c3ccccc23)C=N1. The third-order valence-electron chi connectivity index (χ3n) is 7.37. The van der Waals surface area contributed by atoms with Crippen LogP contribution < -0.4 is 5.56 Å². The van der Waals surface area contributed by atoms with Gasteiger partial charge in [0.05, 0.1) is 24.3 Å². The number of hydrogen-bond acceptors (Lipinski definition) is 6. The van der Waals surface area contributed by atoms with Crippen molar-refractivity contribution in [1.82, 2.24) is 9.55 Å². The van der Waals surface area contributed by atoms with Gasteiger partial charge in [-0.05, 0) is 54.7 Å². The van der Waals surface area contributed by atoms with Gasteiger partial charge < -0.3 is 9.47 Å². The van der Waals surface area contributed by atoms with Gasteiger partial charge in [-0.25, -0.2) is 9.78 Å². The number of nitrogens with zero attached hydrogens (tertiary/aromatic N) is 3. The summed E-state index contributed by atoms with van der Waals surface area (Å²) in [5.74, 6) is -0.144. The zero-order valence-corrected chi connectivity index (χ0v) is 18.5. The predicted molar refractivity (Wildman–Crippen MR) is 125 cm³/mol. The topological polar surface area (TPSA) is 82.8 Å². The van der Waals surface area contributed by atoms with Crippen LogP contribution in [0.1, 0.15) is 30.9 Å². The molecule has 0 amide bonds. The molecule has 1 saturated heterocycles. The lowest BCUT2D eigenvalue weighted by Gasteiger charge is -2.24. The monoisotopic (exact) mass is 443 g/mol. The number of hydrogen-bond donors (Lipinski definition) is 0. The number of allylic oxidation sites excluding steroid dienone is 1. The summed E-state index contributed by atoms with van der Waals surface area (Å²) in [6, 6.07) is 10.3. The second kappa shape index (κ2) is 7.63. The van der Waals surface area contributed by atoms with Crippen LogP contribution in [-0.4, -0.2) is 42.1 Å². The Morgan fingerprint density at radius 3 is 2.76 bits per heavy atom. The minimum Gasteiger partial charge on any atom is -0.464 e. The number of methoxy groups -OCH3 is 1. The van der Waals surface area contributed by atoms with Crippen LogP contribution in [0.4, 0.5) is 0 Å². The standard InChI is InChI=1S/C26H25N3O4/c1-32-25(31)22-11-17-13-26(17,14-27-22)12-16-10-21-23(20-5-3-2-4-19(16)20)28-15-29(24(21)30)18-6-8-33-9-7-18/h2-5,10-11,14-15,17-18H,6-9,12-13H2,1H3. The maximum Gasteiger partial charge on any atom is 0.356 e. The van der Waals surface area contributed by atoms with Gasteiger partial charge in [-0.3, -0.25) is 14.4 Å². The van der Waals surface area contributed by atoms with Crippen LogP contribution in [0.25, 0.3) is 21.7 Å². The van der Waals surface area contributed by atoms with E-state index < -0.39 is 5.97 Å². The van der Waals surface area contributed by atoms with E-state index in [9.17, 15) is 9.59 Å². The number of carbonyl (C=O) groups excluding carboxylic acids is 1. The van der Waals surface area contributed by atoms with E-state index in [1.807, 2.05) is 36.6 Å². The van der Waals surface area contributed by atoms with Gasteiger partial charge in [-0.2, -0.15) is 0 Å². The molecule has 3 aromatic rings. The number of carbonyl (C=O) groups is 1. The third-order valence-corrected chi connectivity index (χ3v) is 7.37. The van der Waals surface area contributed by atoms with Gasteiger partial charge in [0, 0.05) is 36.3 Å². The normalized spacial score (nSPS) is 24.5. The van der Waals surface area contributed by atoms with Crippen LogP contribution >= 0.6 is 0 Å². The average Bonchev–Trinajstić information content (AvgIpc) is 3.58. The quantitative estimate of drug-likeness (QED) is 0.455. The summed E-state index contributed by atoms with van der Waals surface area (Å²) in [6.45, 7) is 1.34. The van der Waals surface area contributed by atoms with Gasteiger partial charge in [0.1, 0.15) is 5.70 Å². The minimum atomic E-state index is -0.400. The second-order valence-corrected chi connectivity index (χ2v) is 9.30. The smallest absolute Gasteiger partial charge is 0.356 e. The van der Waals surface area contributed by atoms with Crippen molar-refractivity contribution in [2.24, 2.45) is 16.3 Å². The zero-order valence-electron chi connectivity index (χ0n) is 18.5.